The van der Waals surface area contributed by atoms with E-state index >= 15 is 0 Å². The van der Waals surface area contributed by atoms with E-state index in [-0.39, 0.29) is 11.5 Å². The van der Waals surface area contributed by atoms with E-state index in [0.717, 1.165) is 0 Å². The second-order valence-electron chi connectivity index (χ2n) is 4.39. The zero-order valence-electron chi connectivity index (χ0n) is 8.33. The van der Waals surface area contributed by atoms with Gasteiger partial charge in [0.05, 0.1) is 0 Å². The van der Waals surface area contributed by atoms with Gasteiger partial charge in [-0.2, -0.15) is 0 Å². The molecule has 1 heterocycles. The fraction of sp³-hybridized carbons (Fsp3) is 0.600. The van der Waals surface area contributed by atoms with Gasteiger partial charge in [-0.25, -0.2) is 0 Å². The predicted octanol–water partition coefficient (Wildman–Crippen LogP) is 2.07. The van der Waals surface area contributed by atoms with Gasteiger partial charge in [-0.15, -0.1) is 0 Å². The summed E-state index contributed by atoms with van der Waals surface area (Å²) in [4.78, 5) is 0. The van der Waals surface area contributed by atoms with Gasteiger partial charge in [0.2, 0.25) is 0 Å². The number of hydrogen-bond acceptors (Lipinski definition) is 1. The molecule has 2 nitrogen and oxygen atoms in total. The summed E-state index contributed by atoms with van der Waals surface area (Å²) in [6.45, 7) is 6.47. The van der Waals surface area contributed by atoms with Crippen LogP contribution in [-0.2, 0) is 7.05 Å². The van der Waals surface area contributed by atoms with Crippen molar-refractivity contribution in [3.8, 4) is 0 Å². The largest absolute Gasteiger partial charge is 0.353 e. The first-order valence-corrected chi connectivity index (χ1v) is 4.30. The summed E-state index contributed by atoms with van der Waals surface area (Å²) in [7, 11) is 2.03. The van der Waals surface area contributed by atoms with Crippen molar-refractivity contribution in [3.63, 3.8) is 0 Å². The van der Waals surface area contributed by atoms with E-state index in [1.807, 2.05) is 19.3 Å². The molecule has 0 aliphatic rings. The summed E-state index contributed by atoms with van der Waals surface area (Å²) in [6.07, 6.45) is 2.03. The minimum atomic E-state index is 0.109. The lowest BCUT2D eigenvalue weighted by molar-refractivity contribution is 0.316. The molecule has 0 bridgehead atoms. The first-order chi connectivity index (χ1) is 5.43. The molecular formula is C10H18N2. The summed E-state index contributed by atoms with van der Waals surface area (Å²) in [5, 5.41) is 0. The predicted molar refractivity (Wildman–Crippen MR) is 51.8 cm³/mol. The van der Waals surface area contributed by atoms with E-state index in [2.05, 4.69) is 31.4 Å². The Balaban J connectivity index is 2.92. The van der Waals surface area contributed by atoms with Gasteiger partial charge in [0.25, 0.3) is 0 Å². The molecule has 0 saturated heterocycles. The average Bonchev–Trinajstić information content (AvgIpc) is 2.31. The molecule has 0 aromatic carbocycles. The third-order valence-corrected chi connectivity index (χ3v) is 2.24. The second kappa shape index (κ2) is 2.94. The number of aryl methyl sites for hydroxylation is 1. The molecule has 0 aliphatic heterocycles. The normalized spacial score (nSPS) is 14.8. The van der Waals surface area contributed by atoms with Crippen molar-refractivity contribution < 1.29 is 0 Å². The summed E-state index contributed by atoms with van der Waals surface area (Å²) in [6, 6.07) is 4.22. The van der Waals surface area contributed by atoms with Crippen LogP contribution >= 0.6 is 0 Å². The first kappa shape index (κ1) is 9.33. The highest BCUT2D eigenvalue weighted by atomic mass is 15.0. The highest BCUT2D eigenvalue weighted by Crippen LogP contribution is 2.29. The lowest BCUT2D eigenvalue weighted by atomic mass is 9.85. The van der Waals surface area contributed by atoms with Crippen molar-refractivity contribution in [2.45, 2.75) is 26.8 Å². The van der Waals surface area contributed by atoms with Gasteiger partial charge in [0, 0.05) is 25.0 Å². The molecule has 0 radical (unpaired) electrons. The zero-order valence-corrected chi connectivity index (χ0v) is 8.33. The molecule has 0 spiro atoms. The minimum Gasteiger partial charge on any atom is -0.353 e. The molecule has 0 saturated carbocycles. The molecule has 1 rings (SSSR count). The Morgan fingerprint density at radius 2 is 2.00 bits per heavy atom. The fourth-order valence-electron chi connectivity index (χ4n) is 1.24. The van der Waals surface area contributed by atoms with E-state index < -0.39 is 0 Å². The SMILES string of the molecule is Cn1cccc1C(N)C(C)(C)C. The van der Waals surface area contributed by atoms with Crippen LogP contribution in [-0.4, -0.2) is 4.57 Å². The highest BCUT2D eigenvalue weighted by Gasteiger charge is 2.23. The Hall–Kier alpha value is -0.760. The van der Waals surface area contributed by atoms with Crippen LogP contribution in [0.4, 0.5) is 0 Å². The maximum atomic E-state index is 6.10. The second-order valence-corrected chi connectivity index (χ2v) is 4.39. The van der Waals surface area contributed by atoms with Crippen LogP contribution in [0.3, 0.4) is 0 Å². The summed E-state index contributed by atoms with van der Waals surface area (Å²) in [5.41, 5.74) is 7.42. The van der Waals surface area contributed by atoms with Crippen molar-refractivity contribution >= 4 is 0 Å². The Morgan fingerprint density at radius 1 is 1.42 bits per heavy atom. The molecule has 1 aromatic rings. The fourth-order valence-corrected chi connectivity index (χ4v) is 1.24. The number of rotatable bonds is 1. The number of aromatic nitrogens is 1. The third-order valence-electron chi connectivity index (χ3n) is 2.24. The van der Waals surface area contributed by atoms with Crippen LogP contribution in [0, 0.1) is 5.41 Å². The molecule has 1 unspecified atom stereocenters. The van der Waals surface area contributed by atoms with Crippen molar-refractivity contribution in [3.05, 3.63) is 24.0 Å². The van der Waals surface area contributed by atoms with E-state index in [4.69, 9.17) is 5.73 Å². The van der Waals surface area contributed by atoms with E-state index in [1.165, 1.54) is 5.69 Å². The van der Waals surface area contributed by atoms with Crippen LogP contribution in [0.25, 0.3) is 0 Å². The Bertz CT molecular complexity index is 255. The van der Waals surface area contributed by atoms with Crippen LogP contribution < -0.4 is 5.73 Å². The summed E-state index contributed by atoms with van der Waals surface area (Å²) >= 11 is 0. The lowest BCUT2D eigenvalue weighted by Crippen LogP contribution is -2.27. The van der Waals surface area contributed by atoms with Crippen molar-refractivity contribution in [2.75, 3.05) is 0 Å². The maximum absolute atomic E-state index is 6.10. The number of nitrogens with two attached hydrogens (primary N) is 1. The zero-order chi connectivity index (χ0) is 9.35. The molecule has 0 aliphatic carbocycles. The van der Waals surface area contributed by atoms with Crippen LogP contribution in [0.1, 0.15) is 32.5 Å². The molecule has 1 aromatic heterocycles. The van der Waals surface area contributed by atoms with Gasteiger partial charge in [0.15, 0.2) is 0 Å². The minimum absolute atomic E-state index is 0.109. The average molecular weight is 166 g/mol. The van der Waals surface area contributed by atoms with Gasteiger partial charge < -0.3 is 10.3 Å². The van der Waals surface area contributed by atoms with Gasteiger partial charge in [-0.3, -0.25) is 0 Å². The maximum Gasteiger partial charge on any atom is 0.0498 e. The van der Waals surface area contributed by atoms with Gasteiger partial charge in [-0.05, 0) is 17.5 Å². The van der Waals surface area contributed by atoms with Gasteiger partial charge in [0.1, 0.15) is 0 Å². The Morgan fingerprint density at radius 3 is 2.33 bits per heavy atom. The topological polar surface area (TPSA) is 30.9 Å². The first-order valence-electron chi connectivity index (χ1n) is 4.30. The quantitative estimate of drug-likeness (QED) is 0.680. The molecule has 68 valence electrons. The third kappa shape index (κ3) is 1.69. The van der Waals surface area contributed by atoms with Crippen LogP contribution in [0.5, 0.6) is 0 Å². The van der Waals surface area contributed by atoms with E-state index in [0.29, 0.717) is 0 Å². The smallest absolute Gasteiger partial charge is 0.0498 e. The molecular weight excluding hydrogens is 148 g/mol. The van der Waals surface area contributed by atoms with Gasteiger partial charge >= 0.3 is 0 Å². The van der Waals surface area contributed by atoms with Crippen molar-refractivity contribution in [2.24, 2.45) is 18.2 Å². The summed E-state index contributed by atoms with van der Waals surface area (Å²) in [5.74, 6) is 0. The van der Waals surface area contributed by atoms with Crippen LogP contribution in [0.2, 0.25) is 0 Å². The highest BCUT2D eigenvalue weighted by molar-refractivity contribution is 5.13. The van der Waals surface area contributed by atoms with Gasteiger partial charge in [-0.1, -0.05) is 20.8 Å². The molecule has 0 amide bonds. The molecule has 1 atom stereocenters. The Labute approximate surface area is 74.4 Å². The lowest BCUT2D eigenvalue weighted by Gasteiger charge is -2.27. The molecule has 12 heavy (non-hydrogen) atoms. The van der Waals surface area contributed by atoms with E-state index in [9.17, 15) is 0 Å². The standard InChI is InChI=1S/C10H18N2/c1-10(2,3)9(11)8-6-5-7-12(8)4/h5-7,9H,11H2,1-4H3. The Kier molecular flexibility index (Phi) is 2.29. The van der Waals surface area contributed by atoms with Crippen molar-refractivity contribution in [1.29, 1.82) is 0 Å². The molecule has 2 heteroatoms. The van der Waals surface area contributed by atoms with E-state index in [1.54, 1.807) is 0 Å². The molecule has 0 fully saturated rings. The number of nitrogens with zero attached hydrogens (tertiary/aromatic N) is 1. The number of hydrogen-bond donors (Lipinski definition) is 1. The van der Waals surface area contributed by atoms with Crippen LogP contribution in [0.15, 0.2) is 18.3 Å². The monoisotopic (exact) mass is 166 g/mol. The molecule has 2 N–H and O–H groups in total. The summed E-state index contributed by atoms with van der Waals surface area (Å²) < 4.78 is 2.08. The van der Waals surface area contributed by atoms with Crippen molar-refractivity contribution in [1.82, 2.24) is 4.57 Å².